The van der Waals surface area contributed by atoms with Gasteiger partial charge in [0.25, 0.3) is 5.91 Å². The SMILES string of the molecule is CC1CC1CNC(=O)c1ccc2cc(Br)ccc2c1. The van der Waals surface area contributed by atoms with E-state index in [0.29, 0.717) is 5.92 Å². The molecule has 2 nitrogen and oxygen atoms in total. The van der Waals surface area contributed by atoms with Gasteiger partial charge in [0.05, 0.1) is 0 Å². The highest BCUT2D eigenvalue weighted by atomic mass is 79.9. The van der Waals surface area contributed by atoms with Crippen molar-refractivity contribution >= 4 is 32.6 Å². The molecule has 0 bridgehead atoms. The Hall–Kier alpha value is -1.35. The Morgan fingerprint density at radius 2 is 1.95 bits per heavy atom. The third-order valence-electron chi connectivity index (χ3n) is 3.87. The van der Waals surface area contributed by atoms with Gasteiger partial charge in [0, 0.05) is 16.6 Å². The molecule has 1 amide bonds. The molecular formula is C16H16BrNO. The third-order valence-corrected chi connectivity index (χ3v) is 4.36. The topological polar surface area (TPSA) is 29.1 Å². The van der Waals surface area contributed by atoms with Crippen molar-refractivity contribution in [1.82, 2.24) is 5.32 Å². The summed E-state index contributed by atoms with van der Waals surface area (Å²) in [6, 6.07) is 11.9. The minimum absolute atomic E-state index is 0.0314. The Bertz CT molecular complexity index is 638. The molecule has 0 heterocycles. The fourth-order valence-corrected chi connectivity index (χ4v) is 2.75. The van der Waals surface area contributed by atoms with Crippen molar-refractivity contribution in [3.05, 3.63) is 46.4 Å². The number of hydrogen-bond acceptors (Lipinski definition) is 1. The molecule has 3 rings (SSSR count). The lowest BCUT2D eigenvalue weighted by molar-refractivity contribution is 0.0951. The predicted octanol–water partition coefficient (Wildman–Crippen LogP) is 3.99. The summed E-state index contributed by atoms with van der Waals surface area (Å²) in [7, 11) is 0. The summed E-state index contributed by atoms with van der Waals surface area (Å²) >= 11 is 3.45. The van der Waals surface area contributed by atoms with Crippen molar-refractivity contribution in [2.24, 2.45) is 11.8 Å². The summed E-state index contributed by atoms with van der Waals surface area (Å²) < 4.78 is 1.06. The average molecular weight is 318 g/mol. The van der Waals surface area contributed by atoms with E-state index in [2.05, 4.69) is 34.2 Å². The van der Waals surface area contributed by atoms with Crippen LogP contribution in [-0.4, -0.2) is 12.5 Å². The lowest BCUT2D eigenvalue weighted by Gasteiger charge is -2.06. The van der Waals surface area contributed by atoms with E-state index in [9.17, 15) is 4.79 Å². The fourth-order valence-electron chi connectivity index (χ4n) is 2.37. The van der Waals surface area contributed by atoms with Crippen LogP contribution >= 0.6 is 15.9 Å². The minimum Gasteiger partial charge on any atom is -0.352 e. The number of carbonyl (C=O) groups is 1. The number of rotatable bonds is 3. The normalized spacial score (nSPS) is 21.4. The molecule has 2 aromatic carbocycles. The largest absolute Gasteiger partial charge is 0.352 e. The molecule has 2 unspecified atom stereocenters. The van der Waals surface area contributed by atoms with Gasteiger partial charge >= 0.3 is 0 Å². The van der Waals surface area contributed by atoms with Crippen LogP contribution in [0.15, 0.2) is 40.9 Å². The summed E-state index contributed by atoms with van der Waals surface area (Å²) in [5, 5.41) is 5.25. The van der Waals surface area contributed by atoms with E-state index >= 15 is 0 Å². The van der Waals surface area contributed by atoms with Gasteiger partial charge in [-0.1, -0.05) is 35.0 Å². The van der Waals surface area contributed by atoms with Crippen molar-refractivity contribution < 1.29 is 4.79 Å². The van der Waals surface area contributed by atoms with Crippen molar-refractivity contribution in [2.45, 2.75) is 13.3 Å². The van der Waals surface area contributed by atoms with Gasteiger partial charge in [0.2, 0.25) is 0 Å². The summed E-state index contributed by atoms with van der Waals surface area (Å²) in [5.41, 5.74) is 0.739. The number of hydrogen-bond donors (Lipinski definition) is 1. The second-order valence-electron chi connectivity index (χ2n) is 5.39. The highest BCUT2D eigenvalue weighted by Gasteiger charge is 2.32. The van der Waals surface area contributed by atoms with Crippen LogP contribution in [0.3, 0.4) is 0 Å². The van der Waals surface area contributed by atoms with Crippen LogP contribution in [0.1, 0.15) is 23.7 Å². The van der Waals surface area contributed by atoms with Crippen molar-refractivity contribution in [2.75, 3.05) is 6.54 Å². The van der Waals surface area contributed by atoms with E-state index in [0.717, 1.165) is 33.3 Å². The molecule has 2 atom stereocenters. The van der Waals surface area contributed by atoms with Gasteiger partial charge in [0.15, 0.2) is 0 Å². The molecule has 19 heavy (non-hydrogen) atoms. The first-order valence-electron chi connectivity index (χ1n) is 6.61. The summed E-state index contributed by atoms with van der Waals surface area (Å²) in [4.78, 5) is 12.1. The smallest absolute Gasteiger partial charge is 0.251 e. The molecule has 3 heteroatoms. The minimum atomic E-state index is 0.0314. The van der Waals surface area contributed by atoms with Gasteiger partial charge in [-0.3, -0.25) is 4.79 Å². The van der Waals surface area contributed by atoms with Gasteiger partial charge in [-0.25, -0.2) is 0 Å². The zero-order valence-electron chi connectivity index (χ0n) is 10.8. The fraction of sp³-hybridized carbons (Fsp3) is 0.312. The second-order valence-corrected chi connectivity index (χ2v) is 6.31. The van der Waals surface area contributed by atoms with E-state index in [1.54, 1.807) is 0 Å². The van der Waals surface area contributed by atoms with Gasteiger partial charge in [-0.2, -0.15) is 0 Å². The molecule has 0 radical (unpaired) electrons. The Morgan fingerprint density at radius 1 is 1.26 bits per heavy atom. The third kappa shape index (κ3) is 2.81. The summed E-state index contributed by atoms with van der Waals surface area (Å²) in [6.45, 7) is 3.03. The molecule has 0 saturated heterocycles. The zero-order chi connectivity index (χ0) is 13.4. The zero-order valence-corrected chi connectivity index (χ0v) is 12.4. The lowest BCUT2D eigenvalue weighted by Crippen LogP contribution is -2.25. The van der Waals surface area contributed by atoms with Crippen LogP contribution in [0, 0.1) is 11.8 Å². The molecule has 1 aliphatic carbocycles. The lowest BCUT2D eigenvalue weighted by atomic mass is 10.1. The number of halogens is 1. The van der Waals surface area contributed by atoms with E-state index in [-0.39, 0.29) is 5.91 Å². The number of amides is 1. The monoisotopic (exact) mass is 317 g/mol. The van der Waals surface area contributed by atoms with Gasteiger partial charge < -0.3 is 5.32 Å². The molecule has 1 aliphatic rings. The Balaban J connectivity index is 1.76. The molecule has 2 aromatic rings. The van der Waals surface area contributed by atoms with Crippen LogP contribution in [0.2, 0.25) is 0 Å². The molecule has 0 spiro atoms. The van der Waals surface area contributed by atoms with E-state index in [1.807, 2.05) is 30.3 Å². The van der Waals surface area contributed by atoms with Gasteiger partial charge in [-0.05, 0) is 53.3 Å². The maximum Gasteiger partial charge on any atom is 0.251 e. The van der Waals surface area contributed by atoms with Crippen molar-refractivity contribution in [3.63, 3.8) is 0 Å². The number of nitrogens with one attached hydrogen (secondary N) is 1. The number of carbonyl (C=O) groups excluding carboxylic acids is 1. The quantitative estimate of drug-likeness (QED) is 0.911. The van der Waals surface area contributed by atoms with Crippen molar-refractivity contribution in [3.8, 4) is 0 Å². The molecule has 0 aliphatic heterocycles. The first-order valence-corrected chi connectivity index (χ1v) is 7.40. The molecule has 98 valence electrons. The number of fused-ring (bicyclic) bond motifs is 1. The van der Waals surface area contributed by atoms with Crippen LogP contribution < -0.4 is 5.32 Å². The van der Waals surface area contributed by atoms with Crippen LogP contribution in [0.25, 0.3) is 10.8 Å². The molecule has 1 saturated carbocycles. The Labute approximate surface area is 121 Å². The van der Waals surface area contributed by atoms with E-state index < -0.39 is 0 Å². The van der Waals surface area contributed by atoms with Crippen LogP contribution in [-0.2, 0) is 0 Å². The Morgan fingerprint density at radius 3 is 2.68 bits per heavy atom. The maximum atomic E-state index is 12.1. The first-order chi connectivity index (χ1) is 9.13. The van der Waals surface area contributed by atoms with Gasteiger partial charge in [-0.15, -0.1) is 0 Å². The summed E-state index contributed by atoms with van der Waals surface area (Å²) in [5.74, 6) is 1.48. The summed E-state index contributed by atoms with van der Waals surface area (Å²) in [6.07, 6.45) is 1.24. The molecule has 1 fully saturated rings. The second kappa shape index (κ2) is 4.97. The number of benzene rings is 2. The predicted molar refractivity (Wildman–Crippen MR) is 81.3 cm³/mol. The average Bonchev–Trinajstić information content (AvgIpc) is 3.11. The molecule has 0 aromatic heterocycles. The highest BCUT2D eigenvalue weighted by molar-refractivity contribution is 9.10. The first kappa shape index (κ1) is 12.7. The molecular weight excluding hydrogens is 302 g/mol. The highest BCUT2D eigenvalue weighted by Crippen LogP contribution is 2.36. The van der Waals surface area contributed by atoms with Crippen LogP contribution in [0.4, 0.5) is 0 Å². The van der Waals surface area contributed by atoms with E-state index in [4.69, 9.17) is 0 Å². The Kier molecular flexibility index (Phi) is 3.31. The maximum absolute atomic E-state index is 12.1. The molecule has 1 N–H and O–H groups in total. The van der Waals surface area contributed by atoms with Gasteiger partial charge in [0.1, 0.15) is 0 Å². The van der Waals surface area contributed by atoms with E-state index in [1.165, 1.54) is 6.42 Å². The standard InChI is InChI=1S/C16H16BrNO/c1-10-6-14(10)9-18-16(19)13-3-2-12-8-15(17)5-4-11(12)7-13/h2-5,7-8,10,14H,6,9H2,1H3,(H,18,19). The van der Waals surface area contributed by atoms with Crippen molar-refractivity contribution in [1.29, 1.82) is 0 Å². The van der Waals surface area contributed by atoms with Crippen LogP contribution in [0.5, 0.6) is 0 Å².